The van der Waals surface area contributed by atoms with Crippen molar-refractivity contribution in [2.75, 3.05) is 5.32 Å². The molecule has 0 bridgehead atoms. The first-order chi connectivity index (χ1) is 13.0. The van der Waals surface area contributed by atoms with Crippen molar-refractivity contribution < 1.29 is 4.79 Å². The molecule has 1 unspecified atom stereocenters. The van der Waals surface area contributed by atoms with E-state index in [9.17, 15) is 4.79 Å². The molecule has 1 atom stereocenters. The molecule has 3 rings (SSSR count). The number of carbonyl (C=O) groups excluding carboxylic acids is 1. The zero-order chi connectivity index (χ0) is 19.4. The molecular formula is C20H20N6O. The average molecular weight is 360 g/mol. The van der Waals surface area contributed by atoms with E-state index in [-0.39, 0.29) is 18.1 Å². The Labute approximate surface area is 157 Å². The largest absolute Gasteiger partial charge is 0.321 e. The molecule has 1 N–H and O–H groups in total. The van der Waals surface area contributed by atoms with Gasteiger partial charge in [0, 0.05) is 37.0 Å². The lowest BCUT2D eigenvalue weighted by molar-refractivity contribution is 0.0973. The highest BCUT2D eigenvalue weighted by Gasteiger charge is 2.12. The number of carbonyl (C=O) groups is 1. The second-order valence-corrected chi connectivity index (χ2v) is 6.49. The van der Waals surface area contributed by atoms with E-state index in [0.717, 1.165) is 22.5 Å². The molecule has 0 saturated carbocycles. The Balaban J connectivity index is 1.82. The Hall–Kier alpha value is -3.53. The highest BCUT2D eigenvalue weighted by molar-refractivity contribution is 5.96. The van der Waals surface area contributed by atoms with Gasteiger partial charge in [0.15, 0.2) is 5.78 Å². The van der Waals surface area contributed by atoms with Crippen LogP contribution in [0.25, 0.3) is 11.3 Å². The maximum atomic E-state index is 12.2. The van der Waals surface area contributed by atoms with Crippen LogP contribution in [0.5, 0.6) is 0 Å². The van der Waals surface area contributed by atoms with Crippen molar-refractivity contribution >= 4 is 17.4 Å². The van der Waals surface area contributed by atoms with Gasteiger partial charge in [0.2, 0.25) is 5.95 Å². The number of nitrogens with one attached hydrogen (secondary N) is 1. The van der Waals surface area contributed by atoms with Gasteiger partial charge in [-0.05, 0) is 19.4 Å². The zero-order valence-corrected chi connectivity index (χ0v) is 15.5. The third kappa shape index (κ3) is 4.36. The Morgan fingerprint density at radius 1 is 1.30 bits per heavy atom. The SMILES string of the molecule is Cc1cnc(Nc2cnn(C)c2)nc1-c1ccc(C(=O)CC(C)C#N)cc1. The van der Waals surface area contributed by atoms with Crippen LogP contribution in [0, 0.1) is 24.2 Å². The third-order valence-electron chi connectivity index (χ3n) is 4.13. The summed E-state index contributed by atoms with van der Waals surface area (Å²) in [6.45, 7) is 3.68. The molecule has 1 aromatic carbocycles. The van der Waals surface area contributed by atoms with Crippen LogP contribution in [0.1, 0.15) is 29.3 Å². The van der Waals surface area contributed by atoms with Gasteiger partial charge < -0.3 is 5.32 Å². The number of hydrogen-bond donors (Lipinski definition) is 1. The minimum atomic E-state index is -0.289. The molecule has 0 aliphatic rings. The molecule has 0 radical (unpaired) electrons. The van der Waals surface area contributed by atoms with Crippen LogP contribution >= 0.6 is 0 Å². The molecule has 27 heavy (non-hydrogen) atoms. The number of rotatable bonds is 6. The minimum Gasteiger partial charge on any atom is -0.321 e. The molecule has 136 valence electrons. The summed E-state index contributed by atoms with van der Waals surface area (Å²) in [5.41, 5.74) is 4.03. The Morgan fingerprint density at radius 2 is 2.04 bits per heavy atom. The number of nitriles is 1. The van der Waals surface area contributed by atoms with Crippen molar-refractivity contribution in [3.8, 4) is 17.3 Å². The molecule has 0 aliphatic carbocycles. The van der Waals surface area contributed by atoms with E-state index in [1.54, 1.807) is 36.1 Å². The summed E-state index contributed by atoms with van der Waals surface area (Å²) in [6.07, 6.45) is 5.52. The van der Waals surface area contributed by atoms with Gasteiger partial charge in [0.25, 0.3) is 0 Å². The molecule has 2 heterocycles. The molecule has 3 aromatic rings. The molecule has 2 aromatic heterocycles. The van der Waals surface area contributed by atoms with E-state index < -0.39 is 0 Å². The maximum Gasteiger partial charge on any atom is 0.227 e. The molecule has 7 nitrogen and oxygen atoms in total. The normalized spacial score (nSPS) is 11.6. The van der Waals surface area contributed by atoms with Gasteiger partial charge in [-0.3, -0.25) is 9.48 Å². The van der Waals surface area contributed by atoms with E-state index in [1.807, 2.05) is 32.3 Å². The molecule has 0 fully saturated rings. The van der Waals surface area contributed by atoms with Crippen LogP contribution in [0.2, 0.25) is 0 Å². The third-order valence-corrected chi connectivity index (χ3v) is 4.13. The summed E-state index contributed by atoms with van der Waals surface area (Å²) in [4.78, 5) is 21.1. The summed E-state index contributed by atoms with van der Waals surface area (Å²) < 4.78 is 1.69. The van der Waals surface area contributed by atoms with Gasteiger partial charge in [-0.1, -0.05) is 24.3 Å². The quantitative estimate of drug-likeness (QED) is 0.674. The van der Waals surface area contributed by atoms with E-state index >= 15 is 0 Å². The average Bonchev–Trinajstić information content (AvgIpc) is 3.08. The number of aromatic nitrogens is 4. The predicted octanol–water partition coefficient (Wildman–Crippen LogP) is 3.66. The topological polar surface area (TPSA) is 96.5 Å². The molecular weight excluding hydrogens is 340 g/mol. The smallest absolute Gasteiger partial charge is 0.227 e. The molecule has 0 saturated heterocycles. The standard InChI is InChI=1S/C20H20N6O/c1-13(9-21)8-18(27)15-4-6-16(7-5-15)19-14(2)10-22-20(25-19)24-17-11-23-26(3)12-17/h4-7,10-13H,8H2,1-3H3,(H,22,24,25). The van der Waals surface area contributed by atoms with Gasteiger partial charge >= 0.3 is 0 Å². The molecule has 0 spiro atoms. The lowest BCUT2D eigenvalue weighted by Crippen LogP contribution is -2.04. The fraction of sp³-hybridized carbons (Fsp3) is 0.250. The first-order valence-electron chi connectivity index (χ1n) is 8.59. The number of aryl methyl sites for hydroxylation is 2. The van der Waals surface area contributed by atoms with Crippen molar-refractivity contribution in [1.29, 1.82) is 5.26 Å². The van der Waals surface area contributed by atoms with E-state index in [0.29, 0.717) is 11.5 Å². The number of anilines is 2. The minimum absolute atomic E-state index is 0.0334. The van der Waals surface area contributed by atoms with Crippen molar-refractivity contribution in [2.45, 2.75) is 20.3 Å². The van der Waals surface area contributed by atoms with Crippen molar-refractivity contribution in [2.24, 2.45) is 13.0 Å². The Morgan fingerprint density at radius 3 is 2.67 bits per heavy atom. The summed E-state index contributed by atoms with van der Waals surface area (Å²) in [5, 5.41) is 16.1. The fourth-order valence-corrected chi connectivity index (χ4v) is 2.66. The number of ketones is 1. The van der Waals surface area contributed by atoms with Crippen LogP contribution in [0.15, 0.2) is 42.9 Å². The van der Waals surface area contributed by atoms with Crippen LogP contribution < -0.4 is 5.32 Å². The van der Waals surface area contributed by atoms with Gasteiger partial charge in [-0.25, -0.2) is 9.97 Å². The summed E-state index contributed by atoms with van der Waals surface area (Å²) in [6, 6.07) is 9.37. The van der Waals surface area contributed by atoms with Crippen molar-refractivity contribution in [1.82, 2.24) is 19.7 Å². The van der Waals surface area contributed by atoms with Crippen LogP contribution in [0.3, 0.4) is 0 Å². The summed E-state index contributed by atoms with van der Waals surface area (Å²) in [5.74, 6) is 0.155. The molecule has 7 heteroatoms. The van der Waals surface area contributed by atoms with Crippen LogP contribution in [-0.4, -0.2) is 25.5 Å². The Kier molecular flexibility index (Phi) is 5.27. The first kappa shape index (κ1) is 18.3. The van der Waals surface area contributed by atoms with Crippen molar-refractivity contribution in [3.05, 3.63) is 54.0 Å². The molecule has 0 amide bonds. The Bertz CT molecular complexity index is 1000. The van der Waals surface area contributed by atoms with Gasteiger partial charge in [-0.2, -0.15) is 10.4 Å². The van der Waals surface area contributed by atoms with E-state index in [1.165, 1.54) is 0 Å². The summed E-state index contributed by atoms with van der Waals surface area (Å²) in [7, 11) is 1.84. The van der Waals surface area contributed by atoms with Crippen LogP contribution in [-0.2, 0) is 7.05 Å². The highest BCUT2D eigenvalue weighted by atomic mass is 16.1. The number of Topliss-reactive ketones (excluding diaryl/α,β-unsaturated/α-hetero) is 1. The van der Waals surface area contributed by atoms with E-state index in [2.05, 4.69) is 26.5 Å². The summed E-state index contributed by atoms with van der Waals surface area (Å²) >= 11 is 0. The number of hydrogen-bond acceptors (Lipinski definition) is 6. The number of nitrogens with zero attached hydrogens (tertiary/aromatic N) is 5. The van der Waals surface area contributed by atoms with Gasteiger partial charge in [0.05, 0.1) is 29.6 Å². The second-order valence-electron chi connectivity index (χ2n) is 6.49. The highest BCUT2D eigenvalue weighted by Crippen LogP contribution is 2.24. The van der Waals surface area contributed by atoms with Crippen molar-refractivity contribution in [3.63, 3.8) is 0 Å². The fourth-order valence-electron chi connectivity index (χ4n) is 2.66. The van der Waals surface area contributed by atoms with E-state index in [4.69, 9.17) is 5.26 Å². The molecule has 0 aliphatic heterocycles. The maximum absolute atomic E-state index is 12.2. The monoisotopic (exact) mass is 360 g/mol. The second kappa shape index (κ2) is 7.79. The lowest BCUT2D eigenvalue weighted by Gasteiger charge is -2.09. The van der Waals surface area contributed by atoms with Crippen LogP contribution in [0.4, 0.5) is 11.6 Å². The van der Waals surface area contributed by atoms with Gasteiger partial charge in [0.1, 0.15) is 0 Å². The van der Waals surface area contributed by atoms with Gasteiger partial charge in [-0.15, -0.1) is 0 Å². The predicted molar refractivity (Wildman–Crippen MR) is 102 cm³/mol. The number of benzene rings is 1. The lowest BCUT2D eigenvalue weighted by atomic mass is 9.99. The first-order valence-corrected chi connectivity index (χ1v) is 8.59. The zero-order valence-electron chi connectivity index (χ0n) is 15.5.